The molecule has 0 radical (unpaired) electrons. The van der Waals surface area contributed by atoms with Gasteiger partial charge in [0.05, 0.1) is 11.6 Å². The lowest BCUT2D eigenvalue weighted by molar-refractivity contribution is 0.495. The van der Waals surface area contributed by atoms with E-state index < -0.39 is 5.82 Å². The first-order chi connectivity index (χ1) is 8.19. The Morgan fingerprint density at radius 2 is 2.12 bits per heavy atom. The fourth-order valence-electron chi connectivity index (χ4n) is 1.97. The second kappa shape index (κ2) is 5.07. The van der Waals surface area contributed by atoms with Crippen molar-refractivity contribution in [2.24, 2.45) is 0 Å². The minimum Gasteiger partial charge on any atom is -0.456 e. The van der Waals surface area contributed by atoms with Crippen molar-refractivity contribution in [1.82, 2.24) is 5.32 Å². The zero-order valence-electron chi connectivity index (χ0n) is 9.94. The van der Waals surface area contributed by atoms with Gasteiger partial charge in [0.15, 0.2) is 11.4 Å². The summed E-state index contributed by atoms with van der Waals surface area (Å²) in [6.07, 6.45) is 0.814. The highest BCUT2D eigenvalue weighted by molar-refractivity contribution is 6.31. The molecule has 0 saturated carbocycles. The number of rotatable bonds is 4. The molecular weight excluding hydrogens is 241 g/mol. The summed E-state index contributed by atoms with van der Waals surface area (Å²) in [4.78, 5) is 0. The van der Waals surface area contributed by atoms with E-state index in [0.717, 1.165) is 29.7 Å². The molecule has 2 aromatic rings. The quantitative estimate of drug-likeness (QED) is 0.896. The Morgan fingerprint density at radius 3 is 2.76 bits per heavy atom. The summed E-state index contributed by atoms with van der Waals surface area (Å²) < 4.78 is 19.4. The predicted octanol–water partition coefficient (Wildman–Crippen LogP) is 3.90. The Kier molecular flexibility index (Phi) is 3.69. The summed E-state index contributed by atoms with van der Waals surface area (Å²) in [5.41, 5.74) is 1.32. The topological polar surface area (TPSA) is 25.2 Å². The van der Waals surface area contributed by atoms with Gasteiger partial charge in [0, 0.05) is 10.9 Å². The van der Waals surface area contributed by atoms with Gasteiger partial charge in [0.1, 0.15) is 5.76 Å². The van der Waals surface area contributed by atoms with E-state index in [-0.39, 0.29) is 10.6 Å². The minimum atomic E-state index is -0.471. The van der Waals surface area contributed by atoms with Crippen LogP contribution in [-0.2, 0) is 13.0 Å². The first kappa shape index (κ1) is 12.4. The number of halogens is 2. The van der Waals surface area contributed by atoms with Crippen LogP contribution in [0.1, 0.15) is 25.2 Å². The first-order valence-electron chi connectivity index (χ1n) is 5.78. The van der Waals surface area contributed by atoms with E-state index in [9.17, 15) is 4.39 Å². The van der Waals surface area contributed by atoms with Gasteiger partial charge in [-0.25, -0.2) is 4.39 Å². The molecule has 2 rings (SSSR count). The Labute approximate surface area is 105 Å². The third-order valence-electron chi connectivity index (χ3n) is 2.83. The zero-order chi connectivity index (χ0) is 12.4. The van der Waals surface area contributed by atoms with E-state index in [4.69, 9.17) is 16.0 Å². The highest BCUT2D eigenvalue weighted by atomic mass is 35.5. The lowest BCUT2D eigenvalue weighted by Gasteiger charge is -2.00. The van der Waals surface area contributed by atoms with Gasteiger partial charge in [0.2, 0.25) is 0 Å². The molecule has 2 nitrogen and oxygen atoms in total. The van der Waals surface area contributed by atoms with Crippen LogP contribution in [0.25, 0.3) is 11.0 Å². The second-order valence-corrected chi connectivity index (χ2v) is 4.28. The molecule has 1 aromatic carbocycles. The fraction of sp³-hybridized carbons (Fsp3) is 0.385. The molecule has 0 atom stereocenters. The van der Waals surface area contributed by atoms with E-state index in [0.29, 0.717) is 6.54 Å². The summed E-state index contributed by atoms with van der Waals surface area (Å²) in [5.74, 6) is 0.326. The van der Waals surface area contributed by atoms with Crippen LogP contribution in [0.4, 0.5) is 4.39 Å². The number of hydrogen-bond donors (Lipinski definition) is 1. The summed E-state index contributed by atoms with van der Waals surface area (Å²) in [7, 11) is 0. The van der Waals surface area contributed by atoms with Crippen molar-refractivity contribution in [3.63, 3.8) is 0 Å². The number of hydrogen-bond acceptors (Lipinski definition) is 2. The Morgan fingerprint density at radius 1 is 1.35 bits per heavy atom. The Bertz CT molecular complexity index is 536. The normalized spacial score (nSPS) is 11.3. The lowest BCUT2D eigenvalue weighted by Crippen LogP contribution is -2.12. The third-order valence-corrected chi connectivity index (χ3v) is 3.12. The average Bonchev–Trinajstić information content (AvgIpc) is 2.69. The summed E-state index contributed by atoms with van der Waals surface area (Å²) in [5, 5.41) is 4.11. The molecule has 0 aliphatic rings. The lowest BCUT2D eigenvalue weighted by atomic mass is 10.1. The molecule has 0 fully saturated rings. The minimum absolute atomic E-state index is 0.101. The van der Waals surface area contributed by atoms with E-state index >= 15 is 0 Å². The van der Waals surface area contributed by atoms with Crippen LogP contribution in [0.2, 0.25) is 5.02 Å². The van der Waals surface area contributed by atoms with Crippen molar-refractivity contribution in [3.05, 3.63) is 34.3 Å². The Hall–Kier alpha value is -1.06. The average molecular weight is 256 g/mol. The number of nitrogens with one attached hydrogen (secondary N) is 1. The van der Waals surface area contributed by atoms with Crippen LogP contribution in [0, 0.1) is 5.82 Å². The molecule has 17 heavy (non-hydrogen) atoms. The maximum Gasteiger partial charge on any atom is 0.184 e. The maximum atomic E-state index is 13.8. The molecule has 4 heteroatoms. The van der Waals surface area contributed by atoms with Gasteiger partial charge in [-0.15, -0.1) is 0 Å². The van der Waals surface area contributed by atoms with Crippen LogP contribution in [0.5, 0.6) is 0 Å². The molecule has 1 N–H and O–H groups in total. The van der Waals surface area contributed by atoms with Gasteiger partial charge in [0.25, 0.3) is 0 Å². The van der Waals surface area contributed by atoms with E-state index in [2.05, 4.69) is 5.32 Å². The molecule has 0 unspecified atom stereocenters. The number of benzene rings is 1. The highest BCUT2D eigenvalue weighted by Gasteiger charge is 2.17. The predicted molar refractivity (Wildman–Crippen MR) is 67.9 cm³/mol. The Balaban J connectivity index is 2.57. The molecule has 0 saturated heterocycles. The number of furan rings is 1. The molecular formula is C13H15ClFNO. The molecule has 1 aromatic heterocycles. The van der Waals surface area contributed by atoms with Crippen molar-refractivity contribution >= 4 is 22.6 Å². The van der Waals surface area contributed by atoms with Crippen LogP contribution in [0.15, 0.2) is 16.5 Å². The molecule has 1 heterocycles. The van der Waals surface area contributed by atoms with Crippen LogP contribution < -0.4 is 5.32 Å². The molecule has 0 spiro atoms. The zero-order valence-corrected chi connectivity index (χ0v) is 10.7. The van der Waals surface area contributed by atoms with Crippen molar-refractivity contribution in [2.75, 3.05) is 6.54 Å². The largest absolute Gasteiger partial charge is 0.456 e. The highest BCUT2D eigenvalue weighted by Crippen LogP contribution is 2.31. The molecule has 0 bridgehead atoms. The maximum absolute atomic E-state index is 13.8. The third kappa shape index (κ3) is 2.17. The van der Waals surface area contributed by atoms with Crippen molar-refractivity contribution in [1.29, 1.82) is 0 Å². The van der Waals surface area contributed by atoms with E-state index in [1.807, 2.05) is 19.9 Å². The van der Waals surface area contributed by atoms with Gasteiger partial charge >= 0.3 is 0 Å². The van der Waals surface area contributed by atoms with Gasteiger partial charge in [-0.2, -0.15) is 0 Å². The molecule has 0 aliphatic heterocycles. The standard InChI is InChI=1S/C13H15ClFNO/c1-3-8-9-5-6-10(14)12(15)13(9)17-11(8)7-16-4-2/h5-6,16H,3-4,7H2,1-2H3. The summed E-state index contributed by atoms with van der Waals surface area (Å²) in [6.45, 7) is 5.52. The van der Waals surface area contributed by atoms with E-state index in [1.165, 1.54) is 0 Å². The van der Waals surface area contributed by atoms with Crippen molar-refractivity contribution in [3.8, 4) is 0 Å². The number of aryl methyl sites for hydroxylation is 1. The first-order valence-corrected chi connectivity index (χ1v) is 6.15. The summed E-state index contributed by atoms with van der Waals surface area (Å²) >= 11 is 5.75. The van der Waals surface area contributed by atoms with Crippen molar-refractivity contribution in [2.45, 2.75) is 26.8 Å². The van der Waals surface area contributed by atoms with Crippen LogP contribution in [0.3, 0.4) is 0 Å². The van der Waals surface area contributed by atoms with Crippen LogP contribution >= 0.6 is 11.6 Å². The van der Waals surface area contributed by atoms with Crippen molar-refractivity contribution < 1.29 is 8.81 Å². The molecule has 0 aliphatic carbocycles. The molecule has 0 amide bonds. The van der Waals surface area contributed by atoms with Gasteiger partial charge in [-0.05, 0) is 25.1 Å². The smallest absolute Gasteiger partial charge is 0.184 e. The fourth-order valence-corrected chi connectivity index (χ4v) is 2.12. The van der Waals surface area contributed by atoms with Gasteiger partial charge in [-0.1, -0.05) is 25.4 Å². The second-order valence-electron chi connectivity index (χ2n) is 3.88. The van der Waals surface area contributed by atoms with Gasteiger partial charge in [-0.3, -0.25) is 0 Å². The summed E-state index contributed by atoms with van der Waals surface area (Å²) in [6, 6.07) is 3.39. The SMILES string of the molecule is CCNCc1oc2c(F)c(Cl)ccc2c1CC. The number of fused-ring (bicyclic) bond motifs is 1. The van der Waals surface area contributed by atoms with E-state index in [1.54, 1.807) is 6.07 Å². The molecule has 92 valence electrons. The van der Waals surface area contributed by atoms with Gasteiger partial charge < -0.3 is 9.73 Å². The monoisotopic (exact) mass is 255 g/mol. The van der Waals surface area contributed by atoms with Crippen LogP contribution in [-0.4, -0.2) is 6.54 Å².